The molecule has 0 unspecified atom stereocenters. The summed E-state index contributed by atoms with van der Waals surface area (Å²) >= 11 is 0. The Labute approximate surface area is 145 Å². The van der Waals surface area contributed by atoms with Crippen molar-refractivity contribution in [3.8, 4) is 0 Å². The van der Waals surface area contributed by atoms with Crippen molar-refractivity contribution in [3.63, 3.8) is 0 Å². The van der Waals surface area contributed by atoms with Gasteiger partial charge in [0.1, 0.15) is 0 Å². The maximum atomic E-state index is 10.9. The second kappa shape index (κ2) is 6.15. The summed E-state index contributed by atoms with van der Waals surface area (Å²) in [5.74, 6) is 0. The van der Waals surface area contributed by atoms with Crippen LogP contribution in [0.5, 0.6) is 0 Å². The van der Waals surface area contributed by atoms with Crippen molar-refractivity contribution in [1.82, 2.24) is 0 Å². The van der Waals surface area contributed by atoms with E-state index < -0.39 is 9.62 Å². The molecule has 24 heavy (non-hydrogen) atoms. The summed E-state index contributed by atoms with van der Waals surface area (Å²) < 4.78 is 21.8. The molecule has 0 bridgehead atoms. The van der Waals surface area contributed by atoms with Crippen LogP contribution in [0.25, 0.3) is 21.5 Å². The lowest BCUT2D eigenvalue weighted by atomic mass is 10.1. The molecular weight excluding hydrogens is 336 g/mol. The molecule has 4 aromatic carbocycles. The Bertz CT molecular complexity index is 1020. The molecule has 2 N–H and O–H groups in total. The van der Waals surface area contributed by atoms with Gasteiger partial charge in [-0.3, -0.25) is 9.11 Å². The summed E-state index contributed by atoms with van der Waals surface area (Å²) in [6.07, 6.45) is 0. The van der Waals surface area contributed by atoms with E-state index in [4.69, 9.17) is 0 Å². The third kappa shape index (κ3) is 2.78. The van der Waals surface area contributed by atoms with Crippen LogP contribution >= 0.6 is 20.4 Å². The van der Waals surface area contributed by atoms with E-state index in [1.54, 1.807) is 6.07 Å². The van der Waals surface area contributed by atoms with E-state index in [0.29, 0.717) is 4.90 Å². The van der Waals surface area contributed by atoms with Crippen molar-refractivity contribution >= 4 is 42.0 Å². The molecule has 4 aromatic rings. The highest BCUT2D eigenvalue weighted by Gasteiger charge is 2.21. The molecule has 0 spiro atoms. The molecular formula is C20H16O2S2. The summed E-state index contributed by atoms with van der Waals surface area (Å²) in [5.41, 5.74) is 0. The first-order valence-electron chi connectivity index (χ1n) is 7.58. The van der Waals surface area contributed by atoms with Crippen LogP contribution in [0, 0.1) is 0 Å². The maximum absolute atomic E-state index is 10.9. The molecule has 0 saturated carbocycles. The van der Waals surface area contributed by atoms with Gasteiger partial charge in [0.15, 0.2) is 0 Å². The SMILES string of the molecule is OS(O)(Sc1cccc2ccccc12)c1cccc2ccccc12. The highest BCUT2D eigenvalue weighted by atomic mass is 33.2. The van der Waals surface area contributed by atoms with E-state index in [1.165, 1.54) is 0 Å². The quantitative estimate of drug-likeness (QED) is 0.398. The summed E-state index contributed by atoms with van der Waals surface area (Å²) in [6.45, 7) is 0. The van der Waals surface area contributed by atoms with Gasteiger partial charge in [-0.25, -0.2) is 0 Å². The zero-order valence-corrected chi connectivity index (χ0v) is 14.4. The van der Waals surface area contributed by atoms with Crippen LogP contribution in [-0.4, -0.2) is 9.11 Å². The number of hydrogen-bond acceptors (Lipinski definition) is 3. The molecule has 0 aliphatic rings. The van der Waals surface area contributed by atoms with Crippen molar-refractivity contribution in [2.24, 2.45) is 0 Å². The van der Waals surface area contributed by atoms with E-state index in [-0.39, 0.29) is 0 Å². The topological polar surface area (TPSA) is 40.5 Å². The minimum Gasteiger partial charge on any atom is -0.285 e. The normalized spacial score (nSPS) is 12.6. The molecule has 2 nitrogen and oxygen atoms in total. The molecule has 120 valence electrons. The molecule has 4 rings (SSSR count). The van der Waals surface area contributed by atoms with Crippen LogP contribution in [0.3, 0.4) is 0 Å². The predicted molar refractivity (Wildman–Crippen MR) is 105 cm³/mol. The van der Waals surface area contributed by atoms with Gasteiger partial charge in [-0.15, -0.1) is 9.62 Å². The van der Waals surface area contributed by atoms with Gasteiger partial charge < -0.3 is 0 Å². The lowest BCUT2D eigenvalue weighted by Gasteiger charge is -2.32. The van der Waals surface area contributed by atoms with Crippen LogP contribution in [-0.2, 0) is 0 Å². The second-order valence-electron chi connectivity index (χ2n) is 5.53. The smallest absolute Gasteiger partial charge is 0.0783 e. The molecule has 0 aromatic heterocycles. The van der Waals surface area contributed by atoms with E-state index in [9.17, 15) is 9.11 Å². The number of rotatable bonds is 3. The zero-order valence-electron chi connectivity index (χ0n) is 12.8. The van der Waals surface area contributed by atoms with Crippen molar-refractivity contribution in [3.05, 3.63) is 84.9 Å². The number of benzene rings is 4. The lowest BCUT2D eigenvalue weighted by molar-refractivity contribution is 0.510. The minimum absolute atomic E-state index is 0.582. The Kier molecular flexibility index (Phi) is 3.98. The van der Waals surface area contributed by atoms with Crippen LogP contribution in [0.4, 0.5) is 0 Å². The van der Waals surface area contributed by atoms with Crippen LogP contribution < -0.4 is 0 Å². The summed E-state index contributed by atoms with van der Waals surface area (Å²) in [4.78, 5) is 1.46. The van der Waals surface area contributed by atoms with Crippen LogP contribution in [0.2, 0.25) is 0 Å². The zero-order chi connectivity index (χ0) is 16.6. The van der Waals surface area contributed by atoms with Gasteiger partial charge in [-0.1, -0.05) is 72.8 Å². The molecule has 0 heterocycles. The minimum atomic E-state index is -3.01. The van der Waals surface area contributed by atoms with Crippen molar-refractivity contribution in [1.29, 1.82) is 0 Å². The Morgan fingerprint density at radius 1 is 0.583 bits per heavy atom. The first-order valence-corrected chi connectivity index (χ1v) is 10.5. The average Bonchev–Trinajstić information content (AvgIpc) is 2.61. The van der Waals surface area contributed by atoms with Crippen molar-refractivity contribution in [2.45, 2.75) is 9.79 Å². The van der Waals surface area contributed by atoms with Gasteiger partial charge in [0.2, 0.25) is 0 Å². The summed E-state index contributed by atoms with van der Waals surface area (Å²) in [6, 6.07) is 27.4. The fraction of sp³-hybridized carbons (Fsp3) is 0. The first kappa shape index (κ1) is 15.5. The van der Waals surface area contributed by atoms with Gasteiger partial charge in [0.25, 0.3) is 0 Å². The van der Waals surface area contributed by atoms with Crippen LogP contribution in [0.15, 0.2) is 94.7 Å². The van der Waals surface area contributed by atoms with Gasteiger partial charge in [0, 0.05) is 21.1 Å². The Hall–Kier alpha value is -1.98. The molecule has 0 aliphatic carbocycles. The third-order valence-electron chi connectivity index (χ3n) is 3.99. The Morgan fingerprint density at radius 2 is 1.12 bits per heavy atom. The van der Waals surface area contributed by atoms with Gasteiger partial charge >= 0.3 is 0 Å². The van der Waals surface area contributed by atoms with Crippen LogP contribution in [0.1, 0.15) is 0 Å². The fourth-order valence-corrected chi connectivity index (χ4v) is 6.24. The summed E-state index contributed by atoms with van der Waals surface area (Å²) in [7, 11) is -1.88. The van der Waals surface area contributed by atoms with Gasteiger partial charge in [-0.2, -0.15) is 0 Å². The standard InChI is InChI=1S/C20H16O2S2/c21-24(22,20-14-6-10-16-8-2-4-12-18(16)20)23-19-13-5-9-15-7-1-3-11-17(15)19/h1-14,21-22H. The largest absolute Gasteiger partial charge is 0.285 e. The van der Waals surface area contributed by atoms with Crippen molar-refractivity contribution < 1.29 is 9.11 Å². The third-order valence-corrected chi connectivity index (χ3v) is 7.46. The van der Waals surface area contributed by atoms with E-state index in [0.717, 1.165) is 37.2 Å². The van der Waals surface area contributed by atoms with E-state index >= 15 is 0 Å². The average molecular weight is 352 g/mol. The van der Waals surface area contributed by atoms with Gasteiger partial charge in [-0.05, 0) is 28.3 Å². The second-order valence-corrected chi connectivity index (χ2v) is 9.47. The van der Waals surface area contributed by atoms with Gasteiger partial charge in [0.05, 0.1) is 4.90 Å². The number of hydrogen-bond donors (Lipinski definition) is 2. The molecule has 0 radical (unpaired) electrons. The van der Waals surface area contributed by atoms with Crippen molar-refractivity contribution in [2.75, 3.05) is 0 Å². The first-order chi connectivity index (χ1) is 11.6. The maximum Gasteiger partial charge on any atom is 0.0783 e. The molecule has 0 aliphatic heterocycles. The summed E-state index contributed by atoms with van der Waals surface area (Å²) in [5, 5.41) is 4.02. The highest BCUT2D eigenvalue weighted by molar-refractivity contribution is 8.89. The van der Waals surface area contributed by atoms with E-state index in [2.05, 4.69) is 0 Å². The molecule has 0 amide bonds. The highest BCUT2D eigenvalue weighted by Crippen LogP contribution is 2.64. The fourth-order valence-electron chi connectivity index (χ4n) is 2.87. The predicted octanol–water partition coefficient (Wildman–Crippen LogP) is 6.81. The molecule has 0 atom stereocenters. The number of fused-ring (bicyclic) bond motifs is 2. The monoisotopic (exact) mass is 352 g/mol. The Morgan fingerprint density at radius 3 is 1.88 bits per heavy atom. The molecule has 4 heteroatoms. The lowest BCUT2D eigenvalue weighted by Crippen LogP contribution is -1.95. The Balaban J connectivity index is 1.82. The molecule has 0 saturated heterocycles. The van der Waals surface area contributed by atoms with E-state index in [1.807, 2.05) is 78.9 Å². The molecule has 0 fully saturated rings.